The lowest BCUT2D eigenvalue weighted by molar-refractivity contribution is -0.132. The molecule has 10 nitrogen and oxygen atoms in total. The summed E-state index contributed by atoms with van der Waals surface area (Å²) < 4.78 is 34.5. The molecule has 1 aliphatic heterocycles. The van der Waals surface area contributed by atoms with Gasteiger partial charge in [0.1, 0.15) is 29.6 Å². The second-order valence-electron chi connectivity index (χ2n) is 10.2. The number of aliphatic hydroxyl groups is 1. The van der Waals surface area contributed by atoms with Crippen LogP contribution in [0.25, 0.3) is 17.2 Å². The smallest absolute Gasteiger partial charge is 0.331 e. The number of hydrogen-bond donors (Lipinski definition) is 2. The van der Waals surface area contributed by atoms with Crippen LogP contribution in [0.4, 0.5) is 0 Å². The molecule has 3 aromatic carbocycles. The first-order valence-corrected chi connectivity index (χ1v) is 14.5. The number of fused-ring (bicyclic) bond motifs is 1. The van der Waals surface area contributed by atoms with E-state index in [-0.39, 0.29) is 32.0 Å². The number of aliphatic carboxylic acids is 1. The fraction of sp³-hybridized carbons (Fsp3) is 0.257. The predicted octanol–water partition coefficient (Wildman–Crippen LogP) is 6.07. The SMILES string of the molecule is CCCOc1cncc(C=C(Cc2cc3c(cc2OC)OCO3)C(=O)O)c1-c1ccc(OC)cc1OCc1ccccc1CO. The molecule has 2 N–H and O–H groups in total. The van der Waals surface area contributed by atoms with Crippen molar-refractivity contribution in [1.29, 1.82) is 0 Å². The third-order valence-electron chi connectivity index (χ3n) is 7.29. The first-order chi connectivity index (χ1) is 21.9. The van der Waals surface area contributed by atoms with Crippen LogP contribution in [0.5, 0.6) is 34.5 Å². The number of methoxy groups -OCH3 is 2. The first-order valence-electron chi connectivity index (χ1n) is 14.5. The minimum absolute atomic E-state index is 0.0402. The van der Waals surface area contributed by atoms with E-state index in [1.807, 2.05) is 37.3 Å². The van der Waals surface area contributed by atoms with Crippen molar-refractivity contribution in [2.45, 2.75) is 33.0 Å². The molecule has 45 heavy (non-hydrogen) atoms. The average Bonchev–Trinajstić information content (AvgIpc) is 3.53. The number of nitrogens with zero attached hydrogens (tertiary/aromatic N) is 1. The molecule has 1 aliphatic rings. The van der Waals surface area contributed by atoms with Gasteiger partial charge in [-0.2, -0.15) is 0 Å². The molecule has 0 spiro atoms. The first kappa shape index (κ1) is 31.2. The summed E-state index contributed by atoms with van der Waals surface area (Å²) >= 11 is 0. The fourth-order valence-corrected chi connectivity index (χ4v) is 5.01. The topological polar surface area (TPSA) is 126 Å². The Morgan fingerprint density at radius 3 is 2.40 bits per heavy atom. The molecular weight excluding hydrogens is 578 g/mol. The van der Waals surface area contributed by atoms with Gasteiger partial charge in [-0.3, -0.25) is 4.98 Å². The molecule has 10 heteroatoms. The van der Waals surface area contributed by atoms with E-state index in [9.17, 15) is 15.0 Å². The van der Waals surface area contributed by atoms with Crippen LogP contribution < -0.4 is 28.4 Å². The highest BCUT2D eigenvalue weighted by molar-refractivity contribution is 5.95. The number of aromatic nitrogens is 1. The van der Waals surface area contributed by atoms with Crippen molar-refractivity contribution >= 4 is 12.0 Å². The Kier molecular flexibility index (Phi) is 10.1. The summed E-state index contributed by atoms with van der Waals surface area (Å²) in [5.41, 5.74) is 4.09. The van der Waals surface area contributed by atoms with Crippen LogP contribution in [-0.4, -0.2) is 48.8 Å². The maximum Gasteiger partial charge on any atom is 0.331 e. The van der Waals surface area contributed by atoms with Gasteiger partial charge in [0, 0.05) is 52.6 Å². The van der Waals surface area contributed by atoms with Gasteiger partial charge in [-0.1, -0.05) is 31.2 Å². The van der Waals surface area contributed by atoms with Crippen LogP contribution >= 0.6 is 0 Å². The van der Waals surface area contributed by atoms with Crippen LogP contribution in [0, 0.1) is 0 Å². The third kappa shape index (κ3) is 7.13. The zero-order chi connectivity index (χ0) is 31.8. The summed E-state index contributed by atoms with van der Waals surface area (Å²) in [6.07, 6.45) is 5.59. The molecule has 0 fully saturated rings. The molecule has 0 atom stereocenters. The van der Waals surface area contributed by atoms with Gasteiger partial charge in [-0.25, -0.2) is 4.79 Å². The Hall–Kier alpha value is -5.22. The highest BCUT2D eigenvalue weighted by Gasteiger charge is 2.22. The minimum Gasteiger partial charge on any atom is -0.497 e. The number of carbonyl (C=O) groups is 1. The lowest BCUT2D eigenvalue weighted by Gasteiger charge is -2.19. The molecule has 4 aromatic rings. The number of benzene rings is 3. The molecule has 0 amide bonds. The Labute approximate surface area is 261 Å². The van der Waals surface area contributed by atoms with Crippen LogP contribution in [0.1, 0.15) is 35.6 Å². The maximum atomic E-state index is 12.6. The lowest BCUT2D eigenvalue weighted by atomic mass is 9.95. The molecule has 1 aromatic heterocycles. The number of pyridine rings is 1. The average molecular weight is 614 g/mol. The second kappa shape index (κ2) is 14.5. The maximum absolute atomic E-state index is 12.6. The van der Waals surface area contributed by atoms with Crippen molar-refractivity contribution in [3.8, 4) is 45.6 Å². The fourth-order valence-electron chi connectivity index (χ4n) is 5.01. The van der Waals surface area contributed by atoms with Gasteiger partial charge < -0.3 is 38.6 Å². The van der Waals surface area contributed by atoms with E-state index < -0.39 is 5.97 Å². The quantitative estimate of drug-likeness (QED) is 0.162. The van der Waals surface area contributed by atoms with Crippen molar-refractivity contribution in [2.75, 3.05) is 27.6 Å². The summed E-state index contributed by atoms with van der Waals surface area (Å²) in [6.45, 7) is 2.57. The van der Waals surface area contributed by atoms with Crippen LogP contribution in [0.2, 0.25) is 0 Å². The second-order valence-corrected chi connectivity index (χ2v) is 10.2. The highest BCUT2D eigenvalue weighted by atomic mass is 16.7. The van der Waals surface area contributed by atoms with Crippen molar-refractivity contribution in [3.63, 3.8) is 0 Å². The van der Waals surface area contributed by atoms with Gasteiger partial charge in [0.15, 0.2) is 11.5 Å². The zero-order valence-corrected chi connectivity index (χ0v) is 25.4. The lowest BCUT2D eigenvalue weighted by Crippen LogP contribution is -2.07. The molecule has 0 bridgehead atoms. The van der Waals surface area contributed by atoms with Gasteiger partial charge in [-0.15, -0.1) is 0 Å². The third-order valence-corrected chi connectivity index (χ3v) is 7.29. The Morgan fingerprint density at radius 2 is 1.69 bits per heavy atom. The van der Waals surface area contributed by atoms with E-state index in [0.29, 0.717) is 63.4 Å². The molecule has 5 rings (SSSR count). The molecule has 0 radical (unpaired) electrons. The number of ether oxygens (including phenoxy) is 6. The summed E-state index contributed by atoms with van der Waals surface area (Å²) in [7, 11) is 3.09. The molecule has 2 heterocycles. The van der Waals surface area contributed by atoms with Crippen molar-refractivity contribution in [3.05, 3.63) is 94.8 Å². The number of carboxylic acid groups (broad SMARTS) is 1. The van der Waals surface area contributed by atoms with Gasteiger partial charge in [0.2, 0.25) is 6.79 Å². The zero-order valence-electron chi connectivity index (χ0n) is 25.4. The van der Waals surface area contributed by atoms with Gasteiger partial charge in [-0.05, 0) is 41.8 Å². The Balaban J connectivity index is 1.61. The van der Waals surface area contributed by atoms with E-state index in [1.165, 1.54) is 7.11 Å². The molecular formula is C35H35NO9. The molecule has 234 valence electrons. The largest absolute Gasteiger partial charge is 0.497 e. The van der Waals surface area contributed by atoms with Crippen LogP contribution in [-0.2, 0) is 24.4 Å². The number of hydrogen-bond acceptors (Lipinski definition) is 9. The van der Waals surface area contributed by atoms with Crippen molar-refractivity contribution in [2.24, 2.45) is 0 Å². The van der Waals surface area contributed by atoms with Gasteiger partial charge in [0.05, 0.1) is 33.6 Å². The summed E-state index contributed by atoms with van der Waals surface area (Å²) in [4.78, 5) is 17.0. The molecule has 0 unspecified atom stereocenters. The van der Waals surface area contributed by atoms with Gasteiger partial charge in [0.25, 0.3) is 0 Å². The van der Waals surface area contributed by atoms with Crippen LogP contribution in [0.15, 0.2) is 72.6 Å². The Bertz CT molecular complexity index is 1700. The van der Waals surface area contributed by atoms with Crippen LogP contribution in [0.3, 0.4) is 0 Å². The van der Waals surface area contributed by atoms with E-state index in [2.05, 4.69) is 4.98 Å². The van der Waals surface area contributed by atoms with E-state index in [4.69, 9.17) is 28.4 Å². The summed E-state index contributed by atoms with van der Waals surface area (Å²) in [5.74, 6) is 1.98. The number of aliphatic hydroxyl groups excluding tert-OH is 1. The van der Waals surface area contributed by atoms with Gasteiger partial charge >= 0.3 is 5.97 Å². The van der Waals surface area contributed by atoms with E-state index in [1.54, 1.807) is 49.8 Å². The van der Waals surface area contributed by atoms with E-state index >= 15 is 0 Å². The monoisotopic (exact) mass is 613 g/mol. The van der Waals surface area contributed by atoms with Crippen molar-refractivity contribution < 1.29 is 43.4 Å². The van der Waals surface area contributed by atoms with E-state index in [0.717, 1.165) is 17.5 Å². The predicted molar refractivity (Wildman–Crippen MR) is 167 cm³/mol. The summed E-state index contributed by atoms with van der Waals surface area (Å²) in [5, 5.41) is 20.2. The molecule has 0 aliphatic carbocycles. The molecule has 0 saturated heterocycles. The highest BCUT2D eigenvalue weighted by Crippen LogP contribution is 2.43. The molecule has 0 saturated carbocycles. The Morgan fingerprint density at radius 1 is 0.911 bits per heavy atom. The summed E-state index contributed by atoms with van der Waals surface area (Å²) in [6, 6.07) is 16.3. The minimum atomic E-state index is -1.10. The number of carboxylic acids is 1. The normalized spacial score (nSPS) is 12.1. The number of rotatable bonds is 14. The standard InChI is InChI=1S/C35H35NO9/c1-4-11-42-33-18-36-17-26(13-25(35(38)39)12-24-14-31-32(45-21-44-31)16-29(24)41-3)34(33)28-10-9-27(40-2)15-30(28)43-20-23-8-6-5-7-22(23)19-37/h5-10,13-18,37H,4,11-12,19-21H2,1-3H3,(H,38,39). The van der Waals surface area contributed by atoms with Crippen molar-refractivity contribution in [1.82, 2.24) is 4.98 Å².